The van der Waals surface area contributed by atoms with E-state index in [2.05, 4.69) is 6.58 Å². The lowest BCUT2D eigenvalue weighted by molar-refractivity contribution is -0.121. The molecular weight excluding hydrogens is 256 g/mol. The fourth-order valence-electron chi connectivity index (χ4n) is 2.34. The van der Waals surface area contributed by atoms with Crippen molar-refractivity contribution >= 4 is 23.1 Å². The lowest BCUT2D eigenvalue weighted by Gasteiger charge is -2.18. The molecule has 1 unspecified atom stereocenters. The standard InChI is InChI=1S/C16H20O4/c1-9(17)5-6-13(10(2)12(4)18)7-14-11(3)15(19)8-16(14)20/h13H,2,5-8H2,1,3-4H3. The van der Waals surface area contributed by atoms with Gasteiger partial charge in [-0.05, 0) is 50.7 Å². The second-order valence-corrected chi connectivity index (χ2v) is 5.35. The van der Waals surface area contributed by atoms with Crippen LogP contribution < -0.4 is 0 Å². The minimum atomic E-state index is -0.254. The summed E-state index contributed by atoms with van der Waals surface area (Å²) in [6.45, 7) is 8.32. The first-order valence-electron chi connectivity index (χ1n) is 6.69. The minimum Gasteiger partial charge on any atom is -0.300 e. The molecule has 0 saturated heterocycles. The summed E-state index contributed by atoms with van der Waals surface area (Å²) >= 11 is 0. The molecule has 1 aliphatic rings. The second kappa shape index (κ2) is 6.55. The van der Waals surface area contributed by atoms with Gasteiger partial charge in [0, 0.05) is 12.0 Å². The molecule has 0 amide bonds. The number of carbonyl (C=O) groups excluding carboxylic acids is 4. The molecule has 0 aromatic rings. The van der Waals surface area contributed by atoms with Crippen LogP contribution >= 0.6 is 0 Å². The van der Waals surface area contributed by atoms with Crippen LogP contribution in [0.2, 0.25) is 0 Å². The minimum absolute atomic E-state index is 0.0332. The third-order valence-electron chi connectivity index (χ3n) is 3.77. The van der Waals surface area contributed by atoms with Crippen molar-refractivity contribution in [3.8, 4) is 0 Å². The molecule has 4 heteroatoms. The van der Waals surface area contributed by atoms with Crippen molar-refractivity contribution < 1.29 is 19.2 Å². The summed E-state index contributed by atoms with van der Waals surface area (Å²) in [5, 5.41) is 0. The Balaban J connectivity index is 2.92. The van der Waals surface area contributed by atoms with Gasteiger partial charge in [-0.1, -0.05) is 6.58 Å². The smallest absolute Gasteiger partial charge is 0.166 e. The zero-order chi connectivity index (χ0) is 15.4. The van der Waals surface area contributed by atoms with Gasteiger partial charge in [-0.2, -0.15) is 0 Å². The quantitative estimate of drug-likeness (QED) is 0.529. The predicted octanol–water partition coefficient (Wildman–Crippen LogP) is 2.37. The van der Waals surface area contributed by atoms with E-state index in [-0.39, 0.29) is 35.5 Å². The van der Waals surface area contributed by atoms with Crippen molar-refractivity contribution in [2.75, 3.05) is 0 Å². The Morgan fingerprint density at radius 3 is 2.20 bits per heavy atom. The Hall–Kier alpha value is -1.84. The molecular formula is C16H20O4. The van der Waals surface area contributed by atoms with E-state index >= 15 is 0 Å². The highest BCUT2D eigenvalue weighted by atomic mass is 16.2. The van der Waals surface area contributed by atoms with Gasteiger partial charge in [0.25, 0.3) is 0 Å². The molecule has 0 fully saturated rings. The van der Waals surface area contributed by atoms with Crippen LogP contribution in [0.15, 0.2) is 23.3 Å². The predicted molar refractivity (Wildman–Crippen MR) is 75.2 cm³/mol. The lowest BCUT2D eigenvalue weighted by Crippen LogP contribution is -2.14. The van der Waals surface area contributed by atoms with Gasteiger partial charge in [-0.25, -0.2) is 0 Å². The average molecular weight is 276 g/mol. The SMILES string of the molecule is C=C(C(C)=O)C(CCC(C)=O)CC1=C(C)C(=O)CC1=O. The number of hydrogen-bond donors (Lipinski definition) is 0. The monoisotopic (exact) mass is 276 g/mol. The van der Waals surface area contributed by atoms with E-state index in [1.54, 1.807) is 6.92 Å². The maximum absolute atomic E-state index is 11.8. The molecule has 1 rings (SSSR count). The molecule has 0 bridgehead atoms. The van der Waals surface area contributed by atoms with Gasteiger partial charge in [0.15, 0.2) is 17.3 Å². The topological polar surface area (TPSA) is 68.3 Å². The van der Waals surface area contributed by atoms with E-state index in [0.29, 0.717) is 36.0 Å². The third kappa shape index (κ3) is 3.83. The highest BCUT2D eigenvalue weighted by Gasteiger charge is 2.30. The summed E-state index contributed by atoms with van der Waals surface area (Å²) in [5.41, 5.74) is 1.39. The summed E-state index contributed by atoms with van der Waals surface area (Å²) in [5.74, 6) is -0.684. The summed E-state index contributed by atoms with van der Waals surface area (Å²) in [7, 11) is 0. The first-order valence-corrected chi connectivity index (χ1v) is 6.69. The number of Topliss-reactive ketones (excluding diaryl/α,β-unsaturated/α-hetero) is 4. The molecule has 108 valence electrons. The van der Waals surface area contributed by atoms with E-state index < -0.39 is 0 Å². The van der Waals surface area contributed by atoms with Crippen LogP contribution in [0.3, 0.4) is 0 Å². The van der Waals surface area contributed by atoms with Crippen LogP contribution in [0.4, 0.5) is 0 Å². The van der Waals surface area contributed by atoms with Crippen molar-refractivity contribution in [3.63, 3.8) is 0 Å². The molecule has 0 saturated carbocycles. The summed E-state index contributed by atoms with van der Waals surface area (Å²) in [6, 6.07) is 0. The number of carbonyl (C=O) groups is 4. The van der Waals surface area contributed by atoms with Crippen LogP contribution in [0.5, 0.6) is 0 Å². The molecule has 1 aliphatic carbocycles. The highest BCUT2D eigenvalue weighted by molar-refractivity contribution is 6.22. The Kier molecular flexibility index (Phi) is 5.31. The Morgan fingerprint density at radius 1 is 1.20 bits per heavy atom. The summed E-state index contributed by atoms with van der Waals surface area (Å²) < 4.78 is 0. The first-order chi connectivity index (χ1) is 9.23. The van der Waals surface area contributed by atoms with Crippen molar-refractivity contribution in [3.05, 3.63) is 23.3 Å². The summed E-state index contributed by atoms with van der Waals surface area (Å²) in [6.07, 6.45) is 1.06. The zero-order valence-corrected chi connectivity index (χ0v) is 12.2. The maximum atomic E-state index is 11.8. The number of hydrogen-bond acceptors (Lipinski definition) is 4. The summed E-state index contributed by atoms with van der Waals surface area (Å²) in [4.78, 5) is 45.9. The molecule has 0 N–H and O–H groups in total. The molecule has 20 heavy (non-hydrogen) atoms. The van der Waals surface area contributed by atoms with Gasteiger partial charge in [0.05, 0.1) is 6.42 Å². The van der Waals surface area contributed by atoms with Gasteiger partial charge in [-0.15, -0.1) is 0 Å². The molecule has 0 spiro atoms. The maximum Gasteiger partial charge on any atom is 0.166 e. The van der Waals surface area contributed by atoms with Gasteiger partial charge < -0.3 is 4.79 Å². The van der Waals surface area contributed by atoms with E-state index in [4.69, 9.17) is 0 Å². The Labute approximate surface area is 118 Å². The zero-order valence-electron chi connectivity index (χ0n) is 12.2. The number of ketones is 4. The van der Waals surface area contributed by atoms with Gasteiger partial charge in [0.1, 0.15) is 5.78 Å². The largest absolute Gasteiger partial charge is 0.300 e. The van der Waals surface area contributed by atoms with E-state index in [1.165, 1.54) is 13.8 Å². The second-order valence-electron chi connectivity index (χ2n) is 5.35. The normalized spacial score (nSPS) is 16.6. The van der Waals surface area contributed by atoms with Crippen LogP contribution in [0.25, 0.3) is 0 Å². The third-order valence-corrected chi connectivity index (χ3v) is 3.77. The van der Waals surface area contributed by atoms with E-state index in [0.717, 1.165) is 0 Å². The van der Waals surface area contributed by atoms with Gasteiger partial charge >= 0.3 is 0 Å². The van der Waals surface area contributed by atoms with Crippen molar-refractivity contribution in [1.29, 1.82) is 0 Å². The number of allylic oxidation sites excluding steroid dienone is 3. The average Bonchev–Trinajstić information content (AvgIpc) is 2.59. The van der Waals surface area contributed by atoms with Crippen molar-refractivity contribution in [1.82, 2.24) is 0 Å². The van der Waals surface area contributed by atoms with Crippen LogP contribution in [-0.4, -0.2) is 23.1 Å². The molecule has 0 aromatic heterocycles. The first kappa shape index (κ1) is 16.2. The van der Waals surface area contributed by atoms with Crippen molar-refractivity contribution in [2.45, 2.75) is 46.5 Å². The lowest BCUT2D eigenvalue weighted by atomic mass is 9.85. The van der Waals surface area contributed by atoms with Crippen LogP contribution in [0.1, 0.15) is 46.5 Å². The highest BCUT2D eigenvalue weighted by Crippen LogP contribution is 2.31. The fraction of sp³-hybridized carbons (Fsp3) is 0.500. The van der Waals surface area contributed by atoms with E-state index in [9.17, 15) is 19.2 Å². The Morgan fingerprint density at radius 2 is 1.80 bits per heavy atom. The molecule has 1 atom stereocenters. The van der Waals surface area contributed by atoms with Crippen LogP contribution in [-0.2, 0) is 19.2 Å². The molecule has 0 radical (unpaired) electrons. The van der Waals surface area contributed by atoms with Gasteiger partial charge in [0.2, 0.25) is 0 Å². The van der Waals surface area contributed by atoms with E-state index in [1.807, 2.05) is 0 Å². The van der Waals surface area contributed by atoms with Gasteiger partial charge in [-0.3, -0.25) is 14.4 Å². The molecule has 0 heterocycles. The fourth-order valence-corrected chi connectivity index (χ4v) is 2.34. The molecule has 4 nitrogen and oxygen atoms in total. The number of rotatable bonds is 7. The van der Waals surface area contributed by atoms with Crippen LogP contribution in [0, 0.1) is 5.92 Å². The molecule has 0 aliphatic heterocycles. The Bertz CT molecular complexity index is 523. The molecule has 0 aromatic carbocycles. The van der Waals surface area contributed by atoms with Crippen molar-refractivity contribution in [2.24, 2.45) is 5.92 Å².